The zero-order valence-electron chi connectivity index (χ0n) is 20.1. The van der Waals surface area contributed by atoms with Crippen molar-refractivity contribution in [2.24, 2.45) is 5.92 Å². The van der Waals surface area contributed by atoms with Crippen molar-refractivity contribution in [1.29, 1.82) is 0 Å². The maximum atomic E-state index is 13.9. The fourth-order valence-corrected chi connectivity index (χ4v) is 4.99. The van der Waals surface area contributed by atoms with Crippen LogP contribution in [0.5, 0.6) is 0 Å². The van der Waals surface area contributed by atoms with Gasteiger partial charge in [0.1, 0.15) is 0 Å². The van der Waals surface area contributed by atoms with Gasteiger partial charge < -0.3 is 19.8 Å². The first-order valence-corrected chi connectivity index (χ1v) is 12.3. The molecule has 0 amide bonds. The fraction of sp³-hybridized carbons (Fsp3) is 0.423. The summed E-state index contributed by atoms with van der Waals surface area (Å²) in [7, 11) is 0. The first-order valence-electron chi connectivity index (χ1n) is 12.3. The van der Waals surface area contributed by atoms with E-state index in [1.807, 2.05) is 0 Å². The van der Waals surface area contributed by atoms with Crippen LogP contribution in [0.4, 0.5) is 33.3 Å². The van der Waals surface area contributed by atoms with Crippen LogP contribution >= 0.6 is 0 Å². The number of rotatable bonds is 6. The second kappa shape index (κ2) is 9.88. The number of benzene rings is 2. The molecule has 2 fully saturated rings. The molecule has 1 unspecified atom stereocenters. The quantitative estimate of drug-likeness (QED) is 0.356. The SMILES string of the molecule is O=C(O)C1CC[C@H](Nc2ccc(-c3nc(-c4ccc(N5CCC(F)(F)CC5)c(C(F)(F)F)c4)no3)cc2)C1. The van der Waals surface area contributed by atoms with Crippen LogP contribution in [0.1, 0.15) is 37.7 Å². The van der Waals surface area contributed by atoms with Gasteiger partial charge in [-0.2, -0.15) is 18.2 Å². The molecule has 38 heavy (non-hydrogen) atoms. The number of aromatic nitrogens is 2. The van der Waals surface area contributed by atoms with E-state index in [0.29, 0.717) is 18.4 Å². The molecule has 0 bridgehead atoms. The van der Waals surface area contributed by atoms with E-state index in [-0.39, 0.29) is 48.0 Å². The number of halogens is 5. The Morgan fingerprint density at radius 1 is 1.05 bits per heavy atom. The van der Waals surface area contributed by atoms with Crippen molar-refractivity contribution in [2.75, 3.05) is 23.3 Å². The fourth-order valence-electron chi connectivity index (χ4n) is 4.99. The Bertz CT molecular complexity index is 1300. The number of nitrogens with zero attached hydrogens (tertiary/aromatic N) is 3. The summed E-state index contributed by atoms with van der Waals surface area (Å²) in [6, 6.07) is 10.7. The largest absolute Gasteiger partial charge is 0.481 e. The Hall–Kier alpha value is -3.70. The Labute approximate surface area is 214 Å². The number of carboxylic acids is 1. The average Bonchev–Trinajstić information content (AvgIpc) is 3.54. The number of alkyl halides is 5. The monoisotopic (exact) mass is 536 g/mol. The Morgan fingerprint density at radius 3 is 2.37 bits per heavy atom. The van der Waals surface area contributed by atoms with E-state index in [1.165, 1.54) is 17.0 Å². The van der Waals surface area contributed by atoms with E-state index in [9.17, 15) is 26.7 Å². The number of aliphatic carboxylic acids is 1. The third-order valence-electron chi connectivity index (χ3n) is 7.11. The minimum Gasteiger partial charge on any atom is -0.481 e. The van der Waals surface area contributed by atoms with E-state index in [2.05, 4.69) is 15.5 Å². The molecule has 1 aliphatic heterocycles. The van der Waals surface area contributed by atoms with Crippen molar-refractivity contribution in [3.8, 4) is 22.8 Å². The smallest absolute Gasteiger partial charge is 0.418 e. The Balaban J connectivity index is 1.32. The molecule has 2 N–H and O–H groups in total. The number of hydrogen-bond acceptors (Lipinski definition) is 6. The molecule has 2 aromatic carbocycles. The van der Waals surface area contributed by atoms with Crippen LogP contribution in [0.15, 0.2) is 47.0 Å². The lowest BCUT2D eigenvalue weighted by atomic mass is 10.0. The molecule has 7 nitrogen and oxygen atoms in total. The van der Waals surface area contributed by atoms with E-state index in [0.717, 1.165) is 18.2 Å². The Morgan fingerprint density at radius 2 is 1.74 bits per heavy atom. The normalized spacial score (nSPS) is 21.4. The molecule has 1 aromatic heterocycles. The summed E-state index contributed by atoms with van der Waals surface area (Å²) in [6.45, 7) is -0.346. The second-order valence-electron chi connectivity index (χ2n) is 9.76. The lowest BCUT2D eigenvalue weighted by Gasteiger charge is -2.34. The molecule has 202 valence electrons. The second-order valence-corrected chi connectivity index (χ2v) is 9.76. The van der Waals surface area contributed by atoms with Crippen LogP contribution in [0, 0.1) is 5.92 Å². The van der Waals surface area contributed by atoms with Crippen molar-refractivity contribution in [3.05, 3.63) is 48.0 Å². The first-order chi connectivity index (χ1) is 18.0. The molecule has 2 atom stereocenters. The summed E-state index contributed by atoms with van der Waals surface area (Å²) in [4.78, 5) is 16.7. The minimum absolute atomic E-state index is 0.0323. The van der Waals surface area contributed by atoms with Gasteiger partial charge in [-0.25, -0.2) is 8.78 Å². The maximum absolute atomic E-state index is 13.9. The zero-order chi connectivity index (χ0) is 27.1. The third-order valence-corrected chi connectivity index (χ3v) is 7.11. The van der Waals surface area contributed by atoms with Crippen molar-refractivity contribution in [1.82, 2.24) is 10.1 Å². The number of nitrogens with one attached hydrogen (secondary N) is 1. The van der Waals surface area contributed by atoms with Gasteiger partial charge in [0.05, 0.1) is 11.5 Å². The predicted octanol–water partition coefficient (Wildman–Crippen LogP) is 6.32. The van der Waals surface area contributed by atoms with Crippen LogP contribution in [0.25, 0.3) is 22.8 Å². The highest BCUT2D eigenvalue weighted by atomic mass is 19.4. The van der Waals surface area contributed by atoms with Crippen LogP contribution < -0.4 is 10.2 Å². The van der Waals surface area contributed by atoms with Crippen LogP contribution in [-0.4, -0.2) is 46.3 Å². The van der Waals surface area contributed by atoms with E-state index < -0.39 is 36.5 Å². The molecule has 5 rings (SSSR count). The van der Waals surface area contributed by atoms with Crippen LogP contribution in [0.2, 0.25) is 0 Å². The predicted molar refractivity (Wildman–Crippen MR) is 129 cm³/mol. The highest BCUT2D eigenvalue weighted by Crippen LogP contribution is 2.41. The number of carbonyl (C=O) groups is 1. The van der Waals surface area contributed by atoms with Gasteiger partial charge in [-0.15, -0.1) is 0 Å². The van der Waals surface area contributed by atoms with Crippen LogP contribution in [0.3, 0.4) is 0 Å². The van der Waals surface area contributed by atoms with Gasteiger partial charge in [0.2, 0.25) is 5.82 Å². The van der Waals surface area contributed by atoms with E-state index in [4.69, 9.17) is 9.63 Å². The topological polar surface area (TPSA) is 91.5 Å². The van der Waals surface area contributed by atoms with Gasteiger partial charge in [0.25, 0.3) is 11.8 Å². The highest BCUT2D eigenvalue weighted by molar-refractivity contribution is 5.71. The molecule has 12 heteroatoms. The molecule has 0 radical (unpaired) electrons. The zero-order valence-corrected chi connectivity index (χ0v) is 20.1. The average molecular weight is 537 g/mol. The minimum atomic E-state index is -4.70. The molecule has 2 aliphatic rings. The highest BCUT2D eigenvalue weighted by Gasteiger charge is 2.39. The molecule has 1 saturated heterocycles. The maximum Gasteiger partial charge on any atom is 0.418 e. The molecular formula is C26H25F5N4O3. The summed E-state index contributed by atoms with van der Waals surface area (Å²) in [5, 5.41) is 16.3. The van der Waals surface area contributed by atoms with E-state index in [1.54, 1.807) is 24.3 Å². The molecule has 1 aliphatic carbocycles. The molecule has 1 saturated carbocycles. The third kappa shape index (κ3) is 5.58. The van der Waals surface area contributed by atoms with Crippen molar-refractivity contribution in [3.63, 3.8) is 0 Å². The van der Waals surface area contributed by atoms with E-state index >= 15 is 0 Å². The van der Waals surface area contributed by atoms with Crippen molar-refractivity contribution >= 4 is 17.3 Å². The molecule has 0 spiro atoms. The summed E-state index contributed by atoms with van der Waals surface area (Å²) in [5.41, 5.74) is 0.349. The number of carboxylic acid groups (broad SMARTS) is 1. The van der Waals surface area contributed by atoms with Gasteiger partial charge >= 0.3 is 12.1 Å². The summed E-state index contributed by atoms with van der Waals surface area (Å²) in [5.74, 6) is -3.92. The number of anilines is 2. The molecule has 2 heterocycles. The molecular weight excluding hydrogens is 511 g/mol. The number of piperidine rings is 1. The van der Waals surface area contributed by atoms with Gasteiger partial charge in [0.15, 0.2) is 0 Å². The van der Waals surface area contributed by atoms with Gasteiger partial charge in [0, 0.05) is 54.5 Å². The molecule has 3 aromatic rings. The van der Waals surface area contributed by atoms with Gasteiger partial charge in [-0.05, 0) is 61.7 Å². The first kappa shape index (κ1) is 25.9. The summed E-state index contributed by atoms with van der Waals surface area (Å²) >= 11 is 0. The summed E-state index contributed by atoms with van der Waals surface area (Å²) < 4.78 is 74.0. The van der Waals surface area contributed by atoms with Gasteiger partial charge in [-0.3, -0.25) is 4.79 Å². The van der Waals surface area contributed by atoms with Crippen LogP contribution in [-0.2, 0) is 11.0 Å². The summed E-state index contributed by atoms with van der Waals surface area (Å²) in [6.07, 6.45) is -3.77. The Kier molecular flexibility index (Phi) is 6.74. The lowest BCUT2D eigenvalue weighted by Crippen LogP contribution is -2.40. The lowest BCUT2D eigenvalue weighted by molar-refractivity contribution is -0.141. The van der Waals surface area contributed by atoms with Crippen molar-refractivity contribution in [2.45, 2.75) is 50.2 Å². The van der Waals surface area contributed by atoms with Gasteiger partial charge in [-0.1, -0.05) is 5.16 Å². The standard InChI is InChI=1S/C26H25F5N4O3/c27-25(28)9-11-35(12-10-25)21-8-4-16(14-20(21)26(29,30)31)22-33-23(38-34-22)15-1-5-18(6-2-15)32-19-7-3-17(13-19)24(36)37/h1-2,4-6,8,14,17,19,32H,3,7,9-13H2,(H,36,37)/t17?,19-/m0/s1. The number of hydrogen-bond donors (Lipinski definition) is 2. The van der Waals surface area contributed by atoms with Crippen molar-refractivity contribution < 1.29 is 36.4 Å².